The lowest BCUT2D eigenvalue weighted by molar-refractivity contribution is -0.127. The average Bonchev–Trinajstić information content (AvgIpc) is 3.30. The molecule has 0 radical (unpaired) electrons. The Morgan fingerprint density at radius 2 is 1.83 bits per heavy atom. The molecular formula is C23H24F4N4O4. The third kappa shape index (κ3) is 5.10. The average molecular weight is 496 g/mol. The molecule has 1 aliphatic heterocycles. The van der Waals surface area contributed by atoms with E-state index < -0.39 is 47.8 Å². The van der Waals surface area contributed by atoms with Crippen molar-refractivity contribution in [3.8, 4) is 6.01 Å². The second-order valence-corrected chi connectivity index (χ2v) is 8.56. The quantitative estimate of drug-likeness (QED) is 0.476. The Hall–Kier alpha value is -3.57. The molecule has 35 heavy (non-hydrogen) atoms. The van der Waals surface area contributed by atoms with Crippen LogP contribution in [-0.2, 0) is 14.3 Å². The number of amides is 1. The summed E-state index contributed by atoms with van der Waals surface area (Å²) in [6.07, 6.45) is -2.58. The van der Waals surface area contributed by atoms with Gasteiger partial charge in [0.1, 0.15) is 35.4 Å². The zero-order valence-electron chi connectivity index (χ0n) is 19.1. The maximum Gasteiger partial charge on any atom is 0.318 e. The van der Waals surface area contributed by atoms with E-state index in [1.54, 1.807) is 6.92 Å². The number of hydrogen-bond donors (Lipinski definition) is 2. The van der Waals surface area contributed by atoms with Gasteiger partial charge in [-0.3, -0.25) is 4.79 Å². The summed E-state index contributed by atoms with van der Waals surface area (Å²) >= 11 is 0. The van der Waals surface area contributed by atoms with E-state index in [-0.39, 0.29) is 28.6 Å². The van der Waals surface area contributed by atoms with Gasteiger partial charge in [0.15, 0.2) is 0 Å². The Bertz CT molecular complexity index is 1130. The minimum absolute atomic E-state index is 0.0586. The molecule has 1 saturated carbocycles. The van der Waals surface area contributed by atoms with Crippen LogP contribution in [-0.4, -0.2) is 28.5 Å². The van der Waals surface area contributed by atoms with Gasteiger partial charge in [0.2, 0.25) is 6.17 Å². The van der Waals surface area contributed by atoms with Crippen molar-refractivity contribution in [2.75, 3.05) is 12.4 Å². The van der Waals surface area contributed by atoms with Crippen molar-refractivity contribution in [1.82, 2.24) is 15.3 Å². The van der Waals surface area contributed by atoms with Gasteiger partial charge in [0.25, 0.3) is 18.6 Å². The van der Waals surface area contributed by atoms with Crippen molar-refractivity contribution in [3.63, 3.8) is 0 Å². The van der Waals surface area contributed by atoms with Gasteiger partial charge in [-0.15, -0.1) is 0 Å². The number of rotatable bonds is 9. The van der Waals surface area contributed by atoms with Gasteiger partial charge in [-0.25, -0.2) is 17.6 Å². The number of carbonyl (C=O) groups is 1. The minimum Gasteiger partial charge on any atom is -0.467 e. The predicted molar refractivity (Wildman–Crippen MR) is 116 cm³/mol. The molecule has 2 N–H and O–H groups in total. The Labute approximate surface area is 198 Å². The lowest BCUT2D eigenvalue weighted by Gasteiger charge is -2.24. The maximum atomic E-state index is 15.5. The van der Waals surface area contributed by atoms with Crippen LogP contribution in [0.1, 0.15) is 74.0 Å². The number of hydrogen-bond acceptors (Lipinski definition) is 7. The number of benzene rings is 1. The third-order valence-corrected chi connectivity index (χ3v) is 5.84. The molecule has 2 heterocycles. The number of anilines is 1. The molecule has 4 rings (SSSR count). The molecule has 1 aliphatic carbocycles. The highest BCUT2D eigenvalue weighted by Crippen LogP contribution is 2.40. The van der Waals surface area contributed by atoms with Crippen LogP contribution < -0.4 is 15.4 Å². The van der Waals surface area contributed by atoms with E-state index in [9.17, 15) is 18.0 Å². The van der Waals surface area contributed by atoms with Gasteiger partial charge in [-0.05, 0) is 26.7 Å². The van der Waals surface area contributed by atoms with Gasteiger partial charge in [-0.2, -0.15) is 9.97 Å². The number of nitrogens with zero attached hydrogens (tertiary/aromatic N) is 2. The third-order valence-electron chi connectivity index (χ3n) is 5.84. The predicted octanol–water partition coefficient (Wildman–Crippen LogP) is 4.93. The Morgan fingerprint density at radius 3 is 2.43 bits per heavy atom. The summed E-state index contributed by atoms with van der Waals surface area (Å²) in [4.78, 5) is 20.9. The summed E-state index contributed by atoms with van der Waals surface area (Å²) in [5, 5.41) is 5.52. The molecule has 2 atom stereocenters. The highest BCUT2D eigenvalue weighted by atomic mass is 19.3. The Morgan fingerprint density at radius 1 is 1.17 bits per heavy atom. The summed E-state index contributed by atoms with van der Waals surface area (Å²) in [6, 6.07) is 2.44. The fourth-order valence-electron chi connectivity index (χ4n) is 3.62. The van der Waals surface area contributed by atoms with Crippen molar-refractivity contribution in [1.29, 1.82) is 0 Å². The molecule has 0 spiro atoms. The molecule has 2 aliphatic rings. The monoisotopic (exact) mass is 496 g/mol. The molecule has 1 fully saturated rings. The maximum absolute atomic E-state index is 15.5. The molecule has 2 aromatic rings. The van der Waals surface area contributed by atoms with Gasteiger partial charge in [0, 0.05) is 11.1 Å². The van der Waals surface area contributed by atoms with E-state index in [0.717, 1.165) is 18.9 Å². The van der Waals surface area contributed by atoms with Gasteiger partial charge >= 0.3 is 6.01 Å². The van der Waals surface area contributed by atoms with Gasteiger partial charge in [-0.1, -0.05) is 18.2 Å². The zero-order chi connectivity index (χ0) is 25.3. The van der Waals surface area contributed by atoms with E-state index in [1.165, 1.54) is 38.7 Å². The summed E-state index contributed by atoms with van der Waals surface area (Å²) < 4.78 is 72.4. The van der Waals surface area contributed by atoms with Crippen molar-refractivity contribution in [2.24, 2.45) is 0 Å². The Balaban J connectivity index is 1.74. The first-order valence-corrected chi connectivity index (χ1v) is 10.8. The van der Waals surface area contributed by atoms with Gasteiger partial charge < -0.3 is 24.8 Å². The van der Waals surface area contributed by atoms with E-state index in [4.69, 9.17) is 14.2 Å². The number of nitrogens with one attached hydrogen (secondary N) is 2. The molecule has 1 aromatic heterocycles. The van der Waals surface area contributed by atoms with E-state index in [1.807, 2.05) is 0 Å². The number of halogens is 4. The Kier molecular flexibility index (Phi) is 6.73. The lowest BCUT2D eigenvalue weighted by Crippen LogP contribution is -2.37. The zero-order valence-corrected chi connectivity index (χ0v) is 19.1. The first kappa shape index (κ1) is 24.6. The fourth-order valence-corrected chi connectivity index (χ4v) is 3.62. The largest absolute Gasteiger partial charge is 0.467 e. The molecule has 0 saturated heterocycles. The van der Waals surface area contributed by atoms with Crippen LogP contribution in [0.2, 0.25) is 0 Å². The van der Waals surface area contributed by atoms with Crippen LogP contribution in [0, 0.1) is 5.82 Å². The van der Waals surface area contributed by atoms with Crippen molar-refractivity contribution in [3.05, 3.63) is 58.9 Å². The van der Waals surface area contributed by atoms with Crippen LogP contribution in [0.4, 0.5) is 23.4 Å². The van der Waals surface area contributed by atoms with E-state index in [0.29, 0.717) is 0 Å². The minimum atomic E-state index is -3.01. The normalized spacial score (nSPS) is 17.9. The molecule has 1 unspecified atom stereocenters. The standard InChI is InChI=1S/C23H24F4N4O4/c1-11(12-5-4-6-13(15(12)24)18(26)27)28-19-14(21-34-9-10-35-21)17(29-22(30-19)33-3)16(25)20(32)31-23(2)7-8-23/h4-6,9-11,16,18,21H,7-8H2,1-3H3,(H,31,32)(H,28,29,30)/t11-,16?/m1/s1. The summed E-state index contributed by atoms with van der Waals surface area (Å²) in [5.41, 5.74) is -1.74. The van der Waals surface area contributed by atoms with Crippen LogP contribution in [0.15, 0.2) is 30.7 Å². The van der Waals surface area contributed by atoms with Crippen LogP contribution >= 0.6 is 0 Å². The molecule has 0 bridgehead atoms. The molecule has 1 amide bonds. The van der Waals surface area contributed by atoms with Crippen LogP contribution in [0.5, 0.6) is 6.01 Å². The first-order valence-electron chi connectivity index (χ1n) is 10.8. The number of alkyl halides is 3. The van der Waals surface area contributed by atoms with Crippen molar-refractivity contribution < 1.29 is 36.6 Å². The lowest BCUT2D eigenvalue weighted by atomic mass is 10.0. The second-order valence-electron chi connectivity index (χ2n) is 8.56. The second kappa shape index (κ2) is 9.59. The molecule has 12 heteroatoms. The molecule has 188 valence electrons. The number of carbonyl (C=O) groups excluding carboxylic acids is 1. The summed E-state index contributed by atoms with van der Waals surface area (Å²) in [7, 11) is 1.25. The molecule has 8 nitrogen and oxygen atoms in total. The van der Waals surface area contributed by atoms with Crippen LogP contribution in [0.3, 0.4) is 0 Å². The number of ether oxygens (including phenoxy) is 3. The summed E-state index contributed by atoms with van der Waals surface area (Å²) in [5.74, 6) is -2.07. The van der Waals surface area contributed by atoms with Crippen molar-refractivity contribution in [2.45, 2.75) is 57.2 Å². The fraction of sp³-hybridized carbons (Fsp3) is 0.435. The molecule has 1 aromatic carbocycles. The highest BCUT2D eigenvalue weighted by molar-refractivity contribution is 5.83. The van der Waals surface area contributed by atoms with Crippen LogP contribution in [0.25, 0.3) is 0 Å². The topological polar surface area (TPSA) is 94.6 Å². The summed E-state index contributed by atoms with van der Waals surface area (Å²) in [6.45, 7) is 3.30. The van der Waals surface area contributed by atoms with Crippen molar-refractivity contribution >= 4 is 11.7 Å². The first-order chi connectivity index (χ1) is 16.6. The SMILES string of the molecule is COc1nc(N[C@H](C)c2cccc(C(F)F)c2F)c(C2OC=CO2)c(C(F)C(=O)NC2(C)CC2)n1. The highest BCUT2D eigenvalue weighted by Gasteiger charge is 2.42. The number of methoxy groups -OCH3 is 1. The number of aromatic nitrogens is 2. The van der Waals surface area contributed by atoms with Gasteiger partial charge in [0.05, 0.1) is 18.7 Å². The molecular weight excluding hydrogens is 472 g/mol. The van der Waals surface area contributed by atoms with E-state index >= 15 is 4.39 Å². The van der Waals surface area contributed by atoms with E-state index in [2.05, 4.69) is 20.6 Å². The smallest absolute Gasteiger partial charge is 0.318 e.